The molecule has 0 aliphatic carbocycles. The zero-order valence-corrected chi connectivity index (χ0v) is 10.9. The number of nitrogens with zero attached hydrogens (tertiary/aromatic N) is 7. The first-order valence-corrected chi connectivity index (χ1v) is 5.66. The maximum absolute atomic E-state index is 12.2. The van der Waals surface area contributed by atoms with Gasteiger partial charge in [0.15, 0.2) is 0 Å². The van der Waals surface area contributed by atoms with E-state index in [0.717, 1.165) is 9.36 Å². The maximum atomic E-state index is 12.2. The van der Waals surface area contributed by atoms with Gasteiger partial charge in [0, 0.05) is 6.42 Å². The summed E-state index contributed by atoms with van der Waals surface area (Å²) in [6.45, 7) is 6.04. The molecule has 2 aromatic heterocycles. The lowest BCUT2D eigenvalue weighted by Gasteiger charge is -2.16. The Balaban J connectivity index is 2.42. The molecular weight excluding hydrogens is 246 g/mol. The third kappa shape index (κ3) is 2.82. The van der Waals surface area contributed by atoms with Gasteiger partial charge in [0.2, 0.25) is 0 Å². The van der Waals surface area contributed by atoms with Gasteiger partial charge in [0.25, 0.3) is 5.82 Å². The molecule has 0 aromatic carbocycles. The number of hydrogen-bond donors (Lipinski definition) is 0. The van der Waals surface area contributed by atoms with Gasteiger partial charge in [0.05, 0.1) is 0 Å². The fourth-order valence-electron chi connectivity index (χ4n) is 1.54. The molecule has 8 heteroatoms. The van der Waals surface area contributed by atoms with E-state index in [-0.39, 0.29) is 11.2 Å². The molecular formula is C11H13N7O. The van der Waals surface area contributed by atoms with Crippen LogP contribution in [0, 0.1) is 16.7 Å². The summed E-state index contributed by atoms with van der Waals surface area (Å²) >= 11 is 0. The predicted molar refractivity (Wildman–Crippen MR) is 64.1 cm³/mol. The molecule has 0 unspecified atom stereocenters. The van der Waals surface area contributed by atoms with Crippen molar-refractivity contribution in [3.8, 4) is 6.07 Å². The summed E-state index contributed by atoms with van der Waals surface area (Å²) in [5.41, 5.74) is -0.0832. The van der Waals surface area contributed by atoms with Crippen LogP contribution < -0.4 is 0 Å². The van der Waals surface area contributed by atoms with Crippen LogP contribution in [0.5, 0.6) is 0 Å². The van der Waals surface area contributed by atoms with Crippen molar-refractivity contribution in [3.63, 3.8) is 0 Å². The predicted octanol–water partition coefficient (Wildman–Crippen LogP) is 0.846. The summed E-state index contributed by atoms with van der Waals surface area (Å²) < 4.78 is 2.14. The third-order valence-corrected chi connectivity index (χ3v) is 2.26. The molecule has 0 amide bonds. The van der Waals surface area contributed by atoms with Gasteiger partial charge in [-0.1, -0.05) is 20.8 Å². The van der Waals surface area contributed by atoms with Crippen molar-refractivity contribution in [2.75, 3.05) is 0 Å². The Labute approximate surface area is 109 Å². The number of rotatable bonds is 1. The third-order valence-electron chi connectivity index (χ3n) is 2.26. The second-order valence-corrected chi connectivity index (χ2v) is 5.24. The van der Waals surface area contributed by atoms with Crippen molar-refractivity contribution in [2.45, 2.75) is 27.2 Å². The molecule has 0 N–H and O–H groups in total. The van der Waals surface area contributed by atoms with Gasteiger partial charge in [-0.05, 0) is 5.41 Å². The van der Waals surface area contributed by atoms with Gasteiger partial charge >= 0.3 is 6.03 Å². The highest BCUT2D eigenvalue weighted by atomic mass is 16.2. The number of hydrogen-bond acceptors (Lipinski definition) is 6. The molecule has 2 rings (SSSR count). The quantitative estimate of drug-likeness (QED) is 0.752. The minimum atomic E-state index is -0.509. The number of nitriles is 1. The second kappa shape index (κ2) is 4.61. The number of aromatic nitrogens is 6. The van der Waals surface area contributed by atoms with Crippen LogP contribution in [0.25, 0.3) is 0 Å². The van der Waals surface area contributed by atoms with E-state index < -0.39 is 6.03 Å². The fraction of sp³-hybridized carbons (Fsp3) is 0.455. The van der Waals surface area contributed by atoms with E-state index in [1.807, 2.05) is 26.8 Å². The zero-order chi connectivity index (χ0) is 14.0. The van der Waals surface area contributed by atoms with Crippen molar-refractivity contribution in [2.24, 2.45) is 5.41 Å². The molecule has 0 fully saturated rings. The molecule has 0 aliphatic heterocycles. The number of carbonyl (C=O) groups excluding carboxylic acids is 1. The molecule has 0 bridgehead atoms. The normalized spacial score (nSPS) is 11.3. The molecule has 19 heavy (non-hydrogen) atoms. The van der Waals surface area contributed by atoms with Gasteiger partial charge in [-0.2, -0.15) is 19.7 Å². The Morgan fingerprint density at radius 3 is 2.74 bits per heavy atom. The first-order valence-electron chi connectivity index (χ1n) is 5.66. The lowest BCUT2D eigenvalue weighted by atomic mass is 9.92. The van der Waals surface area contributed by atoms with Gasteiger partial charge in [-0.25, -0.2) is 14.8 Å². The van der Waals surface area contributed by atoms with Crippen LogP contribution in [0.15, 0.2) is 12.7 Å². The molecule has 0 radical (unpaired) electrons. The smallest absolute Gasteiger partial charge is 0.243 e. The summed E-state index contributed by atoms with van der Waals surface area (Å²) in [5.74, 6) is 0.400. The Bertz CT molecular complexity index is 627. The second-order valence-electron chi connectivity index (χ2n) is 5.24. The highest BCUT2D eigenvalue weighted by Gasteiger charge is 2.22. The standard InChI is InChI=1S/C11H13N7O/c1-11(2,3)4-9-15-8(5-12)16-18(9)10(19)17-7-13-6-14-17/h6-7H,4H2,1-3H3. The molecule has 2 heterocycles. The van der Waals surface area contributed by atoms with Crippen molar-refractivity contribution < 1.29 is 4.79 Å². The van der Waals surface area contributed by atoms with Crippen molar-refractivity contribution in [1.82, 2.24) is 29.5 Å². The molecule has 98 valence electrons. The van der Waals surface area contributed by atoms with Crippen LogP contribution in [-0.2, 0) is 6.42 Å². The topological polar surface area (TPSA) is 102 Å². The highest BCUT2D eigenvalue weighted by Crippen LogP contribution is 2.19. The molecule has 2 aromatic rings. The minimum absolute atomic E-state index is 0.0345. The molecule has 0 spiro atoms. The van der Waals surface area contributed by atoms with E-state index in [1.54, 1.807) is 0 Å². The Kier molecular flexibility index (Phi) is 3.12. The van der Waals surface area contributed by atoms with Gasteiger partial charge in [-0.15, -0.1) is 5.10 Å². The first kappa shape index (κ1) is 12.9. The van der Waals surface area contributed by atoms with Crippen LogP contribution in [-0.4, -0.2) is 35.6 Å². The lowest BCUT2D eigenvalue weighted by Crippen LogP contribution is -2.25. The Morgan fingerprint density at radius 2 is 2.21 bits per heavy atom. The van der Waals surface area contributed by atoms with E-state index in [9.17, 15) is 4.79 Å². The molecule has 8 nitrogen and oxygen atoms in total. The van der Waals surface area contributed by atoms with Crippen molar-refractivity contribution >= 4 is 6.03 Å². The summed E-state index contributed by atoms with van der Waals surface area (Å²) in [6, 6.07) is 1.32. The summed E-state index contributed by atoms with van der Waals surface area (Å²) in [6.07, 6.45) is 3.04. The SMILES string of the molecule is CC(C)(C)Cc1nc(C#N)nn1C(=O)n1cncn1. The van der Waals surface area contributed by atoms with E-state index in [1.165, 1.54) is 12.7 Å². The summed E-state index contributed by atoms with van der Waals surface area (Å²) in [7, 11) is 0. The first-order chi connectivity index (χ1) is 8.90. The lowest BCUT2D eigenvalue weighted by molar-refractivity contribution is 0.236. The Morgan fingerprint density at radius 1 is 1.47 bits per heavy atom. The average Bonchev–Trinajstić information content (AvgIpc) is 2.94. The van der Waals surface area contributed by atoms with Crippen LogP contribution in [0.2, 0.25) is 0 Å². The number of carbonyl (C=O) groups is 1. The minimum Gasteiger partial charge on any atom is -0.243 e. The highest BCUT2D eigenvalue weighted by molar-refractivity contribution is 5.77. The van der Waals surface area contributed by atoms with E-state index >= 15 is 0 Å². The molecule has 0 atom stereocenters. The zero-order valence-electron chi connectivity index (χ0n) is 10.9. The monoisotopic (exact) mass is 259 g/mol. The maximum Gasteiger partial charge on any atom is 0.372 e. The Hall–Kier alpha value is -2.56. The summed E-state index contributed by atoms with van der Waals surface area (Å²) in [5, 5.41) is 16.5. The fourth-order valence-corrected chi connectivity index (χ4v) is 1.54. The van der Waals surface area contributed by atoms with Gasteiger partial charge in [-0.3, -0.25) is 0 Å². The van der Waals surface area contributed by atoms with Crippen molar-refractivity contribution in [1.29, 1.82) is 5.26 Å². The van der Waals surface area contributed by atoms with Crippen LogP contribution >= 0.6 is 0 Å². The van der Waals surface area contributed by atoms with E-state index in [4.69, 9.17) is 5.26 Å². The molecule has 0 saturated heterocycles. The van der Waals surface area contributed by atoms with Gasteiger partial charge in [0.1, 0.15) is 24.5 Å². The average molecular weight is 259 g/mol. The molecule has 0 aliphatic rings. The van der Waals surface area contributed by atoms with E-state index in [0.29, 0.717) is 12.2 Å². The van der Waals surface area contributed by atoms with E-state index in [2.05, 4.69) is 20.2 Å². The van der Waals surface area contributed by atoms with Crippen LogP contribution in [0.4, 0.5) is 4.79 Å². The van der Waals surface area contributed by atoms with Crippen LogP contribution in [0.1, 0.15) is 32.4 Å². The largest absolute Gasteiger partial charge is 0.372 e. The molecule has 0 saturated carbocycles. The summed E-state index contributed by atoms with van der Waals surface area (Å²) in [4.78, 5) is 19.9. The van der Waals surface area contributed by atoms with Gasteiger partial charge < -0.3 is 0 Å². The van der Waals surface area contributed by atoms with Crippen molar-refractivity contribution in [3.05, 3.63) is 24.3 Å². The van der Waals surface area contributed by atoms with Crippen LogP contribution in [0.3, 0.4) is 0 Å².